The van der Waals surface area contributed by atoms with E-state index in [1.165, 1.54) is 0 Å². The molecule has 0 aliphatic carbocycles. The minimum absolute atomic E-state index is 0.570. The van der Waals surface area contributed by atoms with Gasteiger partial charge in [-0.1, -0.05) is 0 Å². The Labute approximate surface area is 99.6 Å². The van der Waals surface area contributed by atoms with E-state index in [1.807, 2.05) is 33.7 Å². The first kappa shape index (κ1) is 9.56. The summed E-state index contributed by atoms with van der Waals surface area (Å²) in [6, 6.07) is 3.90. The lowest BCUT2D eigenvalue weighted by Gasteiger charge is -1.95. The van der Waals surface area contributed by atoms with Crippen LogP contribution in [-0.4, -0.2) is 20.4 Å². The molecule has 0 saturated heterocycles. The monoisotopic (exact) mass is 246 g/mol. The molecule has 0 amide bonds. The molecular weight excluding hydrogens is 240 g/mol. The second kappa shape index (κ2) is 4.07. The zero-order valence-electron chi connectivity index (χ0n) is 8.07. The van der Waals surface area contributed by atoms with Gasteiger partial charge in [-0.2, -0.15) is 22.7 Å². The van der Waals surface area contributed by atoms with Crippen LogP contribution in [0, 0.1) is 0 Å². The topological polar surface area (TPSA) is 51.6 Å². The summed E-state index contributed by atoms with van der Waals surface area (Å²) in [4.78, 5) is 0. The second-order valence-corrected chi connectivity index (χ2v) is 4.63. The van der Waals surface area contributed by atoms with Gasteiger partial charge in [-0.3, -0.25) is 0 Å². The lowest BCUT2D eigenvalue weighted by Crippen LogP contribution is -1.97. The van der Waals surface area contributed by atoms with E-state index in [9.17, 15) is 0 Å². The average Bonchev–Trinajstić information content (AvgIpc) is 3.03. The van der Waals surface area contributed by atoms with Crippen molar-refractivity contribution in [3.63, 3.8) is 0 Å². The predicted molar refractivity (Wildman–Crippen MR) is 64.2 cm³/mol. The van der Waals surface area contributed by atoms with Gasteiger partial charge in [-0.05, 0) is 22.9 Å². The number of aromatic nitrogens is 4. The highest BCUT2D eigenvalue weighted by Gasteiger charge is 2.06. The fraction of sp³-hybridized carbons (Fsp3) is 0. The Kier molecular flexibility index (Phi) is 2.43. The molecule has 0 radical (unpaired) electrons. The molecule has 0 unspecified atom stereocenters. The lowest BCUT2D eigenvalue weighted by atomic mass is 10.3. The van der Waals surface area contributed by atoms with Gasteiger partial charge in [0.05, 0.1) is 0 Å². The van der Waals surface area contributed by atoms with Crippen LogP contribution in [0.25, 0.3) is 22.8 Å². The van der Waals surface area contributed by atoms with Gasteiger partial charge in [0.15, 0.2) is 0 Å². The first-order chi connectivity index (χ1) is 7.93. The zero-order chi connectivity index (χ0) is 10.8. The molecule has 0 spiro atoms. The fourth-order valence-electron chi connectivity index (χ4n) is 1.24. The van der Waals surface area contributed by atoms with Crippen LogP contribution in [0.15, 0.2) is 33.7 Å². The molecule has 0 fully saturated rings. The standard InChI is InChI=1S/C10H6N4S2/c1-3-15-5-7(1)9-11-13-10(14-12-9)8-2-4-16-6-8/h1-6H. The Hall–Kier alpha value is -1.66. The SMILES string of the molecule is c1cc(-c2nnc(-c3ccsc3)nn2)cs1. The van der Waals surface area contributed by atoms with Crippen molar-refractivity contribution in [1.29, 1.82) is 0 Å². The van der Waals surface area contributed by atoms with E-state index in [-0.39, 0.29) is 0 Å². The Balaban J connectivity index is 1.97. The predicted octanol–water partition coefficient (Wildman–Crippen LogP) is 2.72. The third kappa shape index (κ3) is 1.72. The van der Waals surface area contributed by atoms with Crippen molar-refractivity contribution in [2.75, 3.05) is 0 Å². The first-order valence-corrected chi connectivity index (χ1v) is 6.44. The molecule has 0 aliphatic rings. The van der Waals surface area contributed by atoms with Crippen LogP contribution in [0.1, 0.15) is 0 Å². The van der Waals surface area contributed by atoms with Crippen LogP contribution < -0.4 is 0 Å². The number of thiophene rings is 2. The van der Waals surface area contributed by atoms with Gasteiger partial charge in [-0.25, -0.2) is 0 Å². The molecule has 0 aliphatic heterocycles. The van der Waals surface area contributed by atoms with Crippen molar-refractivity contribution < 1.29 is 0 Å². The highest BCUT2D eigenvalue weighted by molar-refractivity contribution is 7.08. The average molecular weight is 246 g/mol. The van der Waals surface area contributed by atoms with Crippen LogP contribution in [0.3, 0.4) is 0 Å². The maximum Gasteiger partial charge on any atom is 0.204 e. The summed E-state index contributed by atoms with van der Waals surface area (Å²) in [6.07, 6.45) is 0. The van der Waals surface area contributed by atoms with Gasteiger partial charge >= 0.3 is 0 Å². The molecule has 0 bridgehead atoms. The van der Waals surface area contributed by atoms with E-state index in [0.29, 0.717) is 11.6 Å². The van der Waals surface area contributed by atoms with Gasteiger partial charge in [0.25, 0.3) is 0 Å². The lowest BCUT2D eigenvalue weighted by molar-refractivity contribution is 0.877. The van der Waals surface area contributed by atoms with Crippen LogP contribution >= 0.6 is 22.7 Å². The van der Waals surface area contributed by atoms with Crippen LogP contribution in [0.2, 0.25) is 0 Å². The van der Waals surface area contributed by atoms with Gasteiger partial charge in [0.2, 0.25) is 11.6 Å². The van der Waals surface area contributed by atoms with Gasteiger partial charge in [0, 0.05) is 21.9 Å². The molecule has 3 heterocycles. The highest BCUT2D eigenvalue weighted by atomic mass is 32.1. The summed E-state index contributed by atoms with van der Waals surface area (Å²) in [5.74, 6) is 1.14. The Morgan fingerprint density at radius 1 is 0.688 bits per heavy atom. The summed E-state index contributed by atoms with van der Waals surface area (Å²) in [5.41, 5.74) is 1.92. The van der Waals surface area contributed by atoms with Gasteiger partial charge < -0.3 is 0 Å². The van der Waals surface area contributed by atoms with Gasteiger partial charge in [-0.15, -0.1) is 20.4 Å². The molecule has 3 rings (SSSR count). The summed E-state index contributed by atoms with van der Waals surface area (Å²) >= 11 is 3.20. The quantitative estimate of drug-likeness (QED) is 0.697. The number of hydrogen-bond donors (Lipinski definition) is 0. The smallest absolute Gasteiger partial charge is 0.152 e. The maximum atomic E-state index is 4.06. The maximum absolute atomic E-state index is 4.06. The minimum Gasteiger partial charge on any atom is -0.152 e. The van der Waals surface area contributed by atoms with Gasteiger partial charge in [0.1, 0.15) is 0 Å². The Morgan fingerprint density at radius 2 is 1.12 bits per heavy atom. The first-order valence-electron chi connectivity index (χ1n) is 4.56. The molecule has 0 N–H and O–H groups in total. The fourth-order valence-corrected chi connectivity index (χ4v) is 2.51. The minimum atomic E-state index is 0.570. The van der Waals surface area contributed by atoms with E-state index in [2.05, 4.69) is 20.4 Å². The molecule has 78 valence electrons. The number of rotatable bonds is 2. The molecule has 3 aromatic rings. The van der Waals surface area contributed by atoms with Crippen molar-refractivity contribution in [1.82, 2.24) is 20.4 Å². The summed E-state index contributed by atoms with van der Waals surface area (Å²) in [7, 11) is 0. The zero-order valence-corrected chi connectivity index (χ0v) is 9.70. The second-order valence-electron chi connectivity index (χ2n) is 3.07. The van der Waals surface area contributed by atoms with Crippen molar-refractivity contribution in [2.45, 2.75) is 0 Å². The van der Waals surface area contributed by atoms with E-state index < -0.39 is 0 Å². The van der Waals surface area contributed by atoms with Crippen molar-refractivity contribution >= 4 is 22.7 Å². The Bertz CT molecular complexity index is 504. The van der Waals surface area contributed by atoms with Crippen LogP contribution in [0.4, 0.5) is 0 Å². The normalized spacial score (nSPS) is 10.5. The summed E-state index contributed by atoms with van der Waals surface area (Å²) in [6.45, 7) is 0. The molecule has 4 nitrogen and oxygen atoms in total. The molecule has 0 aromatic carbocycles. The van der Waals surface area contributed by atoms with E-state index >= 15 is 0 Å². The summed E-state index contributed by atoms with van der Waals surface area (Å²) in [5, 5.41) is 24.2. The van der Waals surface area contributed by atoms with E-state index in [1.54, 1.807) is 22.7 Å². The molecular formula is C10H6N4S2. The van der Waals surface area contributed by atoms with E-state index in [0.717, 1.165) is 11.1 Å². The van der Waals surface area contributed by atoms with Crippen molar-refractivity contribution in [2.24, 2.45) is 0 Å². The highest BCUT2D eigenvalue weighted by Crippen LogP contribution is 2.19. The molecule has 3 aromatic heterocycles. The number of nitrogens with zero attached hydrogens (tertiary/aromatic N) is 4. The molecule has 0 atom stereocenters. The Morgan fingerprint density at radius 3 is 1.44 bits per heavy atom. The molecule has 6 heteroatoms. The largest absolute Gasteiger partial charge is 0.204 e. The van der Waals surface area contributed by atoms with Crippen molar-refractivity contribution in [3.8, 4) is 22.8 Å². The summed E-state index contributed by atoms with van der Waals surface area (Å²) < 4.78 is 0. The molecule has 16 heavy (non-hydrogen) atoms. The van der Waals surface area contributed by atoms with Crippen LogP contribution in [0.5, 0.6) is 0 Å². The third-order valence-electron chi connectivity index (χ3n) is 2.04. The molecule has 0 saturated carbocycles. The number of hydrogen-bond acceptors (Lipinski definition) is 6. The van der Waals surface area contributed by atoms with Crippen molar-refractivity contribution in [3.05, 3.63) is 33.7 Å². The van der Waals surface area contributed by atoms with E-state index in [4.69, 9.17) is 0 Å². The third-order valence-corrected chi connectivity index (χ3v) is 3.40. The van der Waals surface area contributed by atoms with Crippen LogP contribution in [-0.2, 0) is 0 Å².